The molecule has 1 aromatic carbocycles. The maximum absolute atomic E-state index is 12.9. The molecular weight excluding hydrogens is 362 g/mol. The van der Waals surface area contributed by atoms with E-state index in [1.807, 2.05) is 40.1 Å². The van der Waals surface area contributed by atoms with Gasteiger partial charge in [0.1, 0.15) is 0 Å². The van der Waals surface area contributed by atoms with Crippen LogP contribution in [-0.2, 0) is 4.79 Å². The molecule has 0 bridgehead atoms. The molecule has 2 saturated heterocycles. The number of carbonyl (C=O) groups excluding carboxylic acids is 2. The van der Waals surface area contributed by atoms with E-state index in [0.717, 1.165) is 43.8 Å². The third-order valence-corrected chi connectivity index (χ3v) is 7.51. The number of amides is 3. The number of para-hydroxylation sites is 1. The summed E-state index contributed by atoms with van der Waals surface area (Å²) in [5.41, 5.74) is 1.09. The number of benzene rings is 1. The number of hydrogen-bond donors (Lipinski definition) is 1. The summed E-state index contributed by atoms with van der Waals surface area (Å²) in [7, 11) is 0. The minimum Gasteiger partial charge on any atom is -0.335 e. The van der Waals surface area contributed by atoms with Crippen molar-refractivity contribution < 1.29 is 9.59 Å². The lowest BCUT2D eigenvalue weighted by Crippen LogP contribution is -2.65. The van der Waals surface area contributed by atoms with Crippen molar-refractivity contribution in [3.05, 3.63) is 30.3 Å². The Hall–Kier alpha value is -2.04. The van der Waals surface area contributed by atoms with E-state index >= 15 is 0 Å². The topological polar surface area (TPSA) is 52.7 Å². The first-order chi connectivity index (χ1) is 13.8. The van der Waals surface area contributed by atoms with E-state index < -0.39 is 0 Å². The number of likely N-dealkylation sites (tertiary alicyclic amines) is 1. The number of β-lactam (4-membered cyclic amide) rings is 1. The fraction of sp³-hybridized carbons (Fsp3) is 0.667. The summed E-state index contributed by atoms with van der Waals surface area (Å²) in [6.45, 7) is 9.10. The summed E-state index contributed by atoms with van der Waals surface area (Å²) < 4.78 is 0. The molecule has 1 saturated carbocycles. The Balaban J connectivity index is 1.24. The van der Waals surface area contributed by atoms with Gasteiger partial charge in [0.25, 0.3) is 0 Å². The van der Waals surface area contributed by atoms with Gasteiger partial charge in [0.15, 0.2) is 0 Å². The molecule has 1 N–H and O–H groups in total. The maximum atomic E-state index is 12.9. The lowest BCUT2D eigenvalue weighted by molar-refractivity contribution is -0.138. The Morgan fingerprint density at radius 1 is 1.03 bits per heavy atom. The van der Waals surface area contributed by atoms with Gasteiger partial charge in [-0.3, -0.25) is 4.79 Å². The van der Waals surface area contributed by atoms with Crippen molar-refractivity contribution in [1.82, 2.24) is 10.2 Å². The average Bonchev–Trinajstić information content (AvgIpc) is 2.72. The van der Waals surface area contributed by atoms with Crippen LogP contribution < -0.4 is 10.2 Å². The van der Waals surface area contributed by atoms with Crippen molar-refractivity contribution in [3.63, 3.8) is 0 Å². The monoisotopic (exact) mass is 397 g/mol. The van der Waals surface area contributed by atoms with Gasteiger partial charge in [0.05, 0.1) is 5.41 Å². The minimum atomic E-state index is -0.253. The SMILES string of the molecule is CC(C)(C)[C@H]1CC[C@@H](NC(=O)N2CCC3(CC2)CN(c2ccccc2)C3=O)CC1. The zero-order valence-electron chi connectivity index (χ0n) is 18.1. The Bertz CT molecular complexity index is 739. The quantitative estimate of drug-likeness (QED) is 0.751. The van der Waals surface area contributed by atoms with Gasteiger partial charge in [-0.2, -0.15) is 0 Å². The number of nitrogens with one attached hydrogen (secondary N) is 1. The van der Waals surface area contributed by atoms with E-state index in [1.165, 1.54) is 12.8 Å². The molecule has 1 spiro atoms. The van der Waals surface area contributed by atoms with Crippen molar-refractivity contribution in [3.8, 4) is 0 Å². The zero-order valence-corrected chi connectivity index (χ0v) is 18.1. The fourth-order valence-electron chi connectivity index (χ4n) is 5.33. The Labute approximate surface area is 174 Å². The molecule has 2 aliphatic heterocycles. The summed E-state index contributed by atoms with van der Waals surface area (Å²) in [5, 5.41) is 3.26. The molecule has 0 radical (unpaired) electrons. The van der Waals surface area contributed by atoms with Crippen molar-refractivity contribution in [1.29, 1.82) is 0 Å². The molecule has 5 heteroatoms. The number of piperidine rings is 1. The minimum absolute atomic E-state index is 0.0609. The van der Waals surface area contributed by atoms with Gasteiger partial charge in [-0.05, 0) is 62.0 Å². The van der Waals surface area contributed by atoms with Crippen LogP contribution in [0.2, 0.25) is 0 Å². The Kier molecular flexibility index (Phi) is 5.34. The molecular formula is C24H35N3O2. The highest BCUT2D eigenvalue weighted by molar-refractivity contribution is 6.04. The third kappa shape index (κ3) is 4.01. The van der Waals surface area contributed by atoms with Crippen molar-refractivity contribution in [2.24, 2.45) is 16.7 Å². The van der Waals surface area contributed by atoms with Crippen molar-refractivity contribution >= 4 is 17.6 Å². The number of anilines is 1. The predicted octanol–water partition coefficient (Wildman–Crippen LogP) is 4.43. The molecule has 5 nitrogen and oxygen atoms in total. The number of hydrogen-bond acceptors (Lipinski definition) is 2. The van der Waals surface area contributed by atoms with E-state index in [2.05, 4.69) is 26.1 Å². The first kappa shape index (κ1) is 20.2. The van der Waals surface area contributed by atoms with Crippen LogP contribution in [0.15, 0.2) is 30.3 Å². The van der Waals surface area contributed by atoms with Gasteiger partial charge < -0.3 is 15.1 Å². The van der Waals surface area contributed by atoms with E-state index in [1.54, 1.807) is 0 Å². The highest BCUT2D eigenvalue weighted by Crippen LogP contribution is 2.44. The van der Waals surface area contributed by atoms with Crippen LogP contribution in [0, 0.1) is 16.7 Å². The molecule has 3 amide bonds. The highest BCUT2D eigenvalue weighted by atomic mass is 16.2. The van der Waals surface area contributed by atoms with Crippen molar-refractivity contribution in [2.75, 3.05) is 24.5 Å². The molecule has 158 valence electrons. The third-order valence-electron chi connectivity index (χ3n) is 7.51. The number of nitrogens with zero attached hydrogens (tertiary/aromatic N) is 2. The maximum Gasteiger partial charge on any atom is 0.317 e. The molecule has 1 aromatic rings. The summed E-state index contributed by atoms with van der Waals surface area (Å²) in [4.78, 5) is 29.4. The van der Waals surface area contributed by atoms with E-state index in [9.17, 15) is 9.59 Å². The van der Waals surface area contributed by atoms with Crippen LogP contribution >= 0.6 is 0 Å². The normalized spacial score (nSPS) is 26.9. The van der Waals surface area contributed by atoms with Crippen LogP contribution in [0.5, 0.6) is 0 Å². The lowest BCUT2D eigenvalue weighted by atomic mass is 9.70. The van der Waals surface area contributed by atoms with Crippen LogP contribution in [0.1, 0.15) is 59.3 Å². The van der Waals surface area contributed by atoms with Crippen molar-refractivity contribution in [2.45, 2.75) is 65.3 Å². The van der Waals surface area contributed by atoms with Crippen LogP contribution in [0.4, 0.5) is 10.5 Å². The standard InChI is InChI=1S/C24H35N3O2/c1-23(2,3)18-9-11-19(12-10-18)25-22(29)26-15-13-24(14-16-26)17-27(21(24)28)20-7-5-4-6-8-20/h4-8,18-19H,9-17H2,1-3H3,(H,25,29)/t18-,19+. The second kappa shape index (κ2) is 7.66. The van der Waals surface area contributed by atoms with Gasteiger partial charge >= 0.3 is 6.03 Å². The lowest BCUT2D eigenvalue weighted by Gasteiger charge is -2.52. The zero-order chi connectivity index (χ0) is 20.6. The van der Waals surface area contributed by atoms with Gasteiger partial charge in [-0.25, -0.2) is 4.79 Å². The highest BCUT2D eigenvalue weighted by Gasteiger charge is 2.53. The van der Waals surface area contributed by atoms with Gasteiger partial charge in [0.2, 0.25) is 5.91 Å². The molecule has 3 aliphatic rings. The Morgan fingerprint density at radius 2 is 1.66 bits per heavy atom. The van der Waals surface area contributed by atoms with E-state index in [0.29, 0.717) is 24.5 Å². The predicted molar refractivity (Wildman–Crippen MR) is 116 cm³/mol. The summed E-state index contributed by atoms with van der Waals surface area (Å²) >= 11 is 0. The summed E-state index contributed by atoms with van der Waals surface area (Å²) in [6.07, 6.45) is 6.10. The molecule has 0 unspecified atom stereocenters. The summed E-state index contributed by atoms with van der Waals surface area (Å²) in [5.74, 6) is 0.979. The van der Waals surface area contributed by atoms with Crippen LogP contribution in [-0.4, -0.2) is 42.5 Å². The number of rotatable bonds is 2. The van der Waals surface area contributed by atoms with Gasteiger partial charge in [-0.15, -0.1) is 0 Å². The van der Waals surface area contributed by atoms with Crippen LogP contribution in [0.3, 0.4) is 0 Å². The van der Waals surface area contributed by atoms with E-state index in [4.69, 9.17) is 0 Å². The molecule has 4 rings (SSSR count). The first-order valence-corrected chi connectivity index (χ1v) is 11.2. The molecule has 0 aromatic heterocycles. The molecule has 2 heterocycles. The largest absolute Gasteiger partial charge is 0.335 e. The molecule has 0 atom stereocenters. The summed E-state index contributed by atoms with van der Waals surface area (Å²) in [6, 6.07) is 10.2. The second-order valence-electron chi connectivity index (χ2n) is 10.4. The molecule has 29 heavy (non-hydrogen) atoms. The van der Waals surface area contributed by atoms with Gasteiger partial charge in [-0.1, -0.05) is 39.0 Å². The smallest absolute Gasteiger partial charge is 0.317 e. The number of urea groups is 1. The van der Waals surface area contributed by atoms with Crippen LogP contribution in [0.25, 0.3) is 0 Å². The number of carbonyl (C=O) groups is 2. The first-order valence-electron chi connectivity index (χ1n) is 11.2. The van der Waals surface area contributed by atoms with Gasteiger partial charge in [0, 0.05) is 31.4 Å². The fourth-order valence-corrected chi connectivity index (χ4v) is 5.33. The second-order valence-corrected chi connectivity index (χ2v) is 10.4. The molecule has 1 aliphatic carbocycles. The molecule has 3 fully saturated rings. The van der Waals surface area contributed by atoms with E-state index in [-0.39, 0.29) is 17.4 Å². The Morgan fingerprint density at radius 3 is 2.21 bits per heavy atom. The average molecular weight is 398 g/mol.